The van der Waals surface area contributed by atoms with E-state index in [4.69, 9.17) is 15.0 Å². The number of nitrogens with zero attached hydrogens (tertiary/aromatic N) is 5. The lowest BCUT2D eigenvalue weighted by molar-refractivity contribution is 0.736. The van der Waals surface area contributed by atoms with Crippen molar-refractivity contribution >= 4 is 45.9 Å². The first-order valence-electron chi connectivity index (χ1n) is 21.9. The van der Waals surface area contributed by atoms with Crippen LogP contribution in [0.15, 0.2) is 237 Å². The Labute approximate surface area is 379 Å². The number of nitriles is 1. The van der Waals surface area contributed by atoms with Gasteiger partial charge in [-0.2, -0.15) is 5.26 Å². The van der Waals surface area contributed by atoms with E-state index in [1.54, 1.807) is 0 Å². The molecular formula is C59H39N5Si. The fourth-order valence-corrected chi connectivity index (χ4v) is 16.0. The summed E-state index contributed by atoms with van der Waals surface area (Å²) in [5.41, 5.74) is 10.1. The van der Waals surface area contributed by atoms with Gasteiger partial charge < -0.3 is 4.90 Å². The van der Waals surface area contributed by atoms with Crippen LogP contribution in [0.25, 0.3) is 34.2 Å². The number of hydrogen-bond acceptors (Lipinski definition) is 5. The molecule has 65 heavy (non-hydrogen) atoms. The van der Waals surface area contributed by atoms with Gasteiger partial charge in [0.05, 0.1) is 28.4 Å². The summed E-state index contributed by atoms with van der Waals surface area (Å²) < 4.78 is 0. The van der Waals surface area contributed by atoms with Gasteiger partial charge in [-0.3, -0.25) is 0 Å². The van der Waals surface area contributed by atoms with Gasteiger partial charge in [0.15, 0.2) is 25.5 Å². The van der Waals surface area contributed by atoms with Crippen molar-refractivity contribution in [3.8, 4) is 40.2 Å². The molecule has 5 nitrogen and oxygen atoms in total. The molecule has 0 saturated heterocycles. The van der Waals surface area contributed by atoms with E-state index in [1.807, 2.05) is 72.8 Å². The molecule has 3 heterocycles. The van der Waals surface area contributed by atoms with Crippen LogP contribution in [0.4, 0.5) is 17.1 Å². The fraction of sp³-hybridized carbons (Fsp3) is 0.0169. The van der Waals surface area contributed by atoms with Crippen LogP contribution in [0.1, 0.15) is 27.8 Å². The lowest BCUT2D eigenvalue weighted by atomic mass is 9.62. The number of anilines is 3. The van der Waals surface area contributed by atoms with E-state index in [1.165, 1.54) is 43.0 Å². The number of aromatic nitrogens is 3. The highest BCUT2D eigenvalue weighted by atomic mass is 28.3. The zero-order valence-electron chi connectivity index (χ0n) is 35.3. The largest absolute Gasteiger partial charge is 0.310 e. The van der Waals surface area contributed by atoms with Crippen molar-refractivity contribution in [1.29, 1.82) is 5.26 Å². The number of rotatable bonds is 6. The summed E-state index contributed by atoms with van der Waals surface area (Å²) in [6.07, 6.45) is 0. The Morgan fingerprint density at radius 2 is 0.800 bits per heavy atom. The maximum absolute atomic E-state index is 11.0. The molecule has 0 aliphatic carbocycles. The maximum atomic E-state index is 11.0. The van der Waals surface area contributed by atoms with Crippen LogP contribution in [0.2, 0.25) is 0 Å². The average molecular weight is 846 g/mol. The van der Waals surface area contributed by atoms with Gasteiger partial charge in [0, 0.05) is 22.4 Å². The van der Waals surface area contributed by atoms with E-state index in [0.29, 0.717) is 28.6 Å². The van der Waals surface area contributed by atoms with Crippen LogP contribution < -0.4 is 25.6 Å². The predicted octanol–water partition coefficient (Wildman–Crippen LogP) is 10.6. The molecule has 0 N–H and O–H groups in total. The third-order valence-electron chi connectivity index (χ3n) is 13.3. The van der Waals surface area contributed by atoms with Gasteiger partial charge in [-0.1, -0.05) is 206 Å². The van der Waals surface area contributed by atoms with Gasteiger partial charge in [-0.15, -0.1) is 0 Å². The lowest BCUT2D eigenvalue weighted by Crippen LogP contribution is -2.79. The molecule has 0 saturated carbocycles. The molecule has 9 aromatic carbocycles. The summed E-state index contributed by atoms with van der Waals surface area (Å²) in [5, 5.41) is 16.5. The Morgan fingerprint density at radius 1 is 0.400 bits per heavy atom. The molecule has 1 aromatic heterocycles. The van der Waals surface area contributed by atoms with Crippen molar-refractivity contribution < 1.29 is 0 Å². The Morgan fingerprint density at radius 3 is 1.28 bits per heavy atom. The second-order valence-electron chi connectivity index (χ2n) is 16.6. The number of hydrogen-bond donors (Lipinski definition) is 0. The highest BCUT2D eigenvalue weighted by Gasteiger charge is 2.57. The molecule has 2 aliphatic heterocycles. The Hall–Kier alpha value is -8.50. The summed E-state index contributed by atoms with van der Waals surface area (Å²) in [6.45, 7) is 0. The summed E-state index contributed by atoms with van der Waals surface area (Å²) in [4.78, 5) is 17.2. The predicted molar refractivity (Wildman–Crippen MR) is 265 cm³/mol. The molecule has 0 amide bonds. The van der Waals surface area contributed by atoms with Crippen molar-refractivity contribution in [3.63, 3.8) is 0 Å². The molecule has 0 atom stereocenters. The van der Waals surface area contributed by atoms with Gasteiger partial charge in [-0.25, -0.2) is 15.0 Å². The van der Waals surface area contributed by atoms with Gasteiger partial charge in [-0.05, 0) is 73.3 Å². The maximum Gasteiger partial charge on any atom is 0.180 e. The highest BCUT2D eigenvalue weighted by molar-refractivity contribution is 7.20. The Kier molecular flexibility index (Phi) is 9.04. The quantitative estimate of drug-likeness (QED) is 0.156. The third-order valence-corrected chi connectivity index (χ3v) is 18.2. The second-order valence-corrected chi connectivity index (χ2v) is 20.3. The number of fused-ring (bicyclic) bond motifs is 8. The topological polar surface area (TPSA) is 65.7 Å². The smallest absolute Gasteiger partial charge is 0.180 e. The van der Waals surface area contributed by atoms with Crippen LogP contribution in [-0.4, -0.2) is 23.0 Å². The van der Waals surface area contributed by atoms with Gasteiger partial charge >= 0.3 is 0 Å². The van der Waals surface area contributed by atoms with Crippen molar-refractivity contribution in [2.75, 3.05) is 4.90 Å². The van der Waals surface area contributed by atoms with Crippen LogP contribution in [0.5, 0.6) is 0 Å². The van der Waals surface area contributed by atoms with E-state index in [0.717, 1.165) is 28.2 Å². The van der Waals surface area contributed by atoms with Crippen LogP contribution >= 0.6 is 0 Å². The van der Waals surface area contributed by atoms with Gasteiger partial charge in [0.2, 0.25) is 0 Å². The standard InChI is InChI=1S/C59H39N5Si/c60-40-43-39-44(37-38-47(43)58-62-56(41-21-5-1-6-22-41)61-57(63-58)42-23-7-2-8-24-42)64-52-33-17-13-29-48(52)59(49-30-14-18-34-53(49)64)50-31-15-19-35-54(50)65(45-25-9-3-10-26-45,46-27-11-4-12-28-46)55-36-20-16-32-51(55)59/h1-39H. The minimum absolute atomic E-state index is 0.444. The van der Waals surface area contributed by atoms with Crippen molar-refractivity contribution in [1.82, 2.24) is 15.0 Å². The van der Waals surface area contributed by atoms with E-state index in [-0.39, 0.29) is 0 Å². The second kappa shape index (κ2) is 15.4. The van der Waals surface area contributed by atoms with Crippen LogP contribution in [0, 0.1) is 11.3 Å². The average Bonchev–Trinajstić information content (AvgIpc) is 3.39. The molecule has 0 unspecified atom stereocenters. The molecule has 0 radical (unpaired) electrons. The third kappa shape index (κ3) is 5.73. The van der Waals surface area contributed by atoms with E-state index in [9.17, 15) is 5.26 Å². The molecular weight excluding hydrogens is 807 g/mol. The normalized spacial score (nSPS) is 13.7. The Bertz CT molecular complexity index is 3260. The molecule has 10 aromatic rings. The van der Waals surface area contributed by atoms with E-state index in [2.05, 4.69) is 175 Å². The summed E-state index contributed by atoms with van der Waals surface area (Å²) >= 11 is 0. The molecule has 304 valence electrons. The van der Waals surface area contributed by atoms with E-state index < -0.39 is 13.5 Å². The van der Waals surface area contributed by atoms with E-state index >= 15 is 0 Å². The first kappa shape index (κ1) is 38.2. The first-order valence-corrected chi connectivity index (χ1v) is 23.9. The monoisotopic (exact) mass is 845 g/mol. The molecule has 0 bridgehead atoms. The Balaban J connectivity index is 1.09. The number of benzene rings is 9. The minimum atomic E-state index is -2.88. The number of para-hydroxylation sites is 2. The summed E-state index contributed by atoms with van der Waals surface area (Å²) in [6, 6.07) is 87.0. The minimum Gasteiger partial charge on any atom is -0.310 e. The SMILES string of the molecule is N#Cc1cc(N2c3ccccc3C3(c4ccccc42)c2ccccc2[Si](c2ccccc2)(c2ccccc2)c2ccccc23)ccc1-c1nc(-c2ccccc2)nc(-c2ccccc2)n1. The summed E-state index contributed by atoms with van der Waals surface area (Å²) in [7, 11) is -2.88. The molecule has 0 fully saturated rings. The van der Waals surface area contributed by atoms with Crippen LogP contribution in [0.3, 0.4) is 0 Å². The zero-order valence-corrected chi connectivity index (χ0v) is 36.3. The van der Waals surface area contributed by atoms with Crippen molar-refractivity contribution in [2.45, 2.75) is 5.41 Å². The van der Waals surface area contributed by atoms with Crippen LogP contribution in [-0.2, 0) is 5.41 Å². The zero-order chi connectivity index (χ0) is 43.4. The fourth-order valence-electron chi connectivity index (χ4n) is 10.7. The molecule has 2 aliphatic rings. The van der Waals surface area contributed by atoms with Crippen molar-refractivity contribution in [2.24, 2.45) is 0 Å². The highest BCUT2D eigenvalue weighted by Crippen LogP contribution is 2.58. The molecule has 12 rings (SSSR count). The van der Waals surface area contributed by atoms with Crippen molar-refractivity contribution in [3.05, 3.63) is 264 Å². The summed E-state index contributed by atoms with van der Waals surface area (Å²) in [5.74, 6) is 1.54. The first-order chi connectivity index (χ1) is 32.2. The van der Waals surface area contributed by atoms with Gasteiger partial charge in [0.25, 0.3) is 0 Å². The van der Waals surface area contributed by atoms with Gasteiger partial charge in [0.1, 0.15) is 0 Å². The molecule has 6 heteroatoms. The molecule has 1 spiro atoms. The lowest BCUT2D eigenvalue weighted by Gasteiger charge is -2.53.